The molecule has 1 aliphatic rings. The second-order valence-electron chi connectivity index (χ2n) is 6.70. The largest absolute Gasteiger partial charge is 0.348 e. The van der Waals surface area contributed by atoms with Crippen molar-refractivity contribution in [1.29, 1.82) is 0 Å². The smallest absolute Gasteiger partial charge is 0.149 e. The third kappa shape index (κ3) is 2.98. The van der Waals surface area contributed by atoms with E-state index in [-0.39, 0.29) is 11.4 Å². The predicted octanol–water partition coefficient (Wildman–Crippen LogP) is 3.40. The van der Waals surface area contributed by atoms with E-state index in [1.54, 1.807) is 18.7 Å². The molecule has 5 rings (SSSR count). The van der Waals surface area contributed by atoms with Gasteiger partial charge in [-0.15, -0.1) is 18.5 Å². The molecule has 1 aliphatic heterocycles. The van der Waals surface area contributed by atoms with E-state index in [0.717, 1.165) is 41.4 Å². The van der Waals surface area contributed by atoms with E-state index in [0.29, 0.717) is 5.15 Å². The number of nitrogens with zero attached hydrogens (tertiary/aromatic N) is 6. The van der Waals surface area contributed by atoms with Gasteiger partial charge in [0.05, 0.1) is 35.6 Å². The van der Waals surface area contributed by atoms with E-state index in [1.807, 2.05) is 16.8 Å². The van der Waals surface area contributed by atoms with Gasteiger partial charge in [0.15, 0.2) is 0 Å². The van der Waals surface area contributed by atoms with Crippen molar-refractivity contribution in [2.75, 3.05) is 11.4 Å². The average Bonchev–Trinajstić information content (AvgIpc) is 3.33. The molecule has 0 aliphatic carbocycles. The van der Waals surface area contributed by atoms with E-state index < -0.39 is 0 Å². The van der Waals surface area contributed by atoms with E-state index >= 15 is 0 Å². The number of pyridine rings is 1. The molecule has 10 heteroatoms. The van der Waals surface area contributed by atoms with Crippen molar-refractivity contribution in [3.8, 4) is 0 Å². The number of hydrogen-bond donors (Lipinski definition) is 1. The minimum Gasteiger partial charge on any atom is -0.348 e. The number of halogens is 1. The Morgan fingerprint density at radius 3 is 3.00 bits per heavy atom. The van der Waals surface area contributed by atoms with Crippen molar-refractivity contribution in [1.82, 2.24) is 29.5 Å². The van der Waals surface area contributed by atoms with Crippen LogP contribution in [-0.2, 0) is 6.42 Å². The Balaban J connectivity index is 1.68. The van der Waals surface area contributed by atoms with Crippen molar-refractivity contribution in [3.05, 3.63) is 70.9 Å². The van der Waals surface area contributed by atoms with Crippen LogP contribution in [0.25, 0.3) is 5.52 Å². The van der Waals surface area contributed by atoms with Crippen molar-refractivity contribution in [3.63, 3.8) is 0 Å². The standard InChI is InChI=1S/C18H18ClN7P2/c19-14-7-20-8-15(23-14)25-5-3-11-16(22-9-21-11)17(25)12-6-13-10(18(27)28)2-1-4-26(13)24-12/h1-2,4,6-9,17-18H,3,5,27-28H2,(H,21,22)/t17-/m1/s1. The molecule has 0 saturated heterocycles. The lowest BCUT2D eigenvalue weighted by Gasteiger charge is -2.34. The van der Waals surface area contributed by atoms with Gasteiger partial charge in [0.1, 0.15) is 17.0 Å². The van der Waals surface area contributed by atoms with Crippen molar-refractivity contribution < 1.29 is 0 Å². The number of H-pyrrole nitrogens is 1. The molecule has 0 fully saturated rings. The molecule has 0 saturated carbocycles. The molecule has 4 aromatic rings. The zero-order valence-electron chi connectivity index (χ0n) is 14.8. The monoisotopic (exact) mass is 429 g/mol. The molecule has 7 nitrogen and oxygen atoms in total. The Morgan fingerprint density at radius 1 is 1.29 bits per heavy atom. The van der Waals surface area contributed by atoms with Crippen LogP contribution in [0.3, 0.4) is 0 Å². The lowest BCUT2D eigenvalue weighted by molar-refractivity contribution is 0.609. The highest BCUT2D eigenvalue weighted by molar-refractivity contribution is 7.37. The summed E-state index contributed by atoms with van der Waals surface area (Å²) in [7, 11) is 5.64. The lowest BCUT2D eigenvalue weighted by atomic mass is 9.99. The number of aromatic nitrogens is 6. The van der Waals surface area contributed by atoms with Crippen LogP contribution >= 0.6 is 30.1 Å². The molecule has 1 N–H and O–H groups in total. The van der Waals surface area contributed by atoms with Crippen molar-refractivity contribution in [2.45, 2.75) is 17.9 Å². The molecule has 142 valence electrons. The van der Waals surface area contributed by atoms with Crippen LogP contribution in [0, 0.1) is 0 Å². The van der Waals surface area contributed by atoms with Crippen LogP contribution in [0.4, 0.5) is 5.82 Å². The van der Waals surface area contributed by atoms with Gasteiger partial charge in [-0.2, -0.15) is 5.10 Å². The summed E-state index contributed by atoms with van der Waals surface area (Å²) < 4.78 is 1.93. The van der Waals surface area contributed by atoms with Crippen LogP contribution in [0.15, 0.2) is 43.1 Å². The minimum absolute atomic E-state index is 0.164. The summed E-state index contributed by atoms with van der Waals surface area (Å²) in [4.78, 5) is 18.7. The topological polar surface area (TPSA) is 75.0 Å². The summed E-state index contributed by atoms with van der Waals surface area (Å²) in [5.41, 5.74) is 5.28. The molecule has 5 heterocycles. The Kier molecular flexibility index (Phi) is 4.54. The molecular formula is C18H18ClN7P2. The SMILES string of the molecule is PC(P)c1cccn2nc([C@@H]3c4nc[nH]c4CCN3c3cncc(Cl)n3)cc12. The fourth-order valence-corrected chi connectivity index (χ4v) is 4.47. The second kappa shape index (κ2) is 7.07. The first-order chi connectivity index (χ1) is 13.6. The van der Waals surface area contributed by atoms with Crippen LogP contribution in [-0.4, -0.2) is 36.1 Å². The van der Waals surface area contributed by atoms with E-state index in [9.17, 15) is 0 Å². The van der Waals surface area contributed by atoms with Crippen LogP contribution in [0.2, 0.25) is 5.15 Å². The highest BCUT2D eigenvalue weighted by atomic mass is 35.5. The summed E-state index contributed by atoms with van der Waals surface area (Å²) in [5.74, 6) is 0.721. The summed E-state index contributed by atoms with van der Waals surface area (Å²) in [6.45, 7) is 0.769. The van der Waals surface area contributed by atoms with Gasteiger partial charge in [-0.3, -0.25) is 4.98 Å². The maximum absolute atomic E-state index is 6.11. The summed E-state index contributed by atoms with van der Waals surface area (Å²) in [6, 6.07) is 6.10. The van der Waals surface area contributed by atoms with Crippen molar-refractivity contribution in [2.24, 2.45) is 0 Å². The highest BCUT2D eigenvalue weighted by Gasteiger charge is 2.34. The number of fused-ring (bicyclic) bond motifs is 2. The van der Waals surface area contributed by atoms with Gasteiger partial charge < -0.3 is 9.88 Å². The molecule has 0 aromatic carbocycles. The first-order valence-corrected chi connectivity index (χ1v) is 10.6. The van der Waals surface area contributed by atoms with Gasteiger partial charge >= 0.3 is 0 Å². The van der Waals surface area contributed by atoms with Gasteiger partial charge in [0.2, 0.25) is 0 Å². The van der Waals surface area contributed by atoms with Crippen LogP contribution in [0.1, 0.15) is 34.1 Å². The second-order valence-corrected chi connectivity index (χ2v) is 9.29. The molecule has 28 heavy (non-hydrogen) atoms. The van der Waals surface area contributed by atoms with Gasteiger partial charge in [-0.25, -0.2) is 14.5 Å². The molecule has 0 amide bonds. The molecular weight excluding hydrogens is 412 g/mol. The maximum atomic E-state index is 6.11. The fourth-order valence-electron chi connectivity index (χ4n) is 3.77. The highest BCUT2D eigenvalue weighted by Crippen LogP contribution is 2.38. The van der Waals surface area contributed by atoms with Gasteiger partial charge in [-0.1, -0.05) is 17.7 Å². The fraction of sp³-hybridized carbons (Fsp3) is 0.222. The zero-order valence-corrected chi connectivity index (χ0v) is 17.9. The van der Waals surface area contributed by atoms with E-state index in [4.69, 9.17) is 16.7 Å². The quantitative estimate of drug-likeness (QED) is 0.505. The third-order valence-electron chi connectivity index (χ3n) is 5.00. The molecule has 3 atom stereocenters. The molecule has 4 aromatic heterocycles. The number of anilines is 1. The molecule has 0 bridgehead atoms. The van der Waals surface area contributed by atoms with E-state index in [1.165, 1.54) is 5.56 Å². The number of imidazole rings is 1. The van der Waals surface area contributed by atoms with Crippen molar-refractivity contribution >= 4 is 41.4 Å². The Hall–Kier alpha value is -2.07. The predicted molar refractivity (Wildman–Crippen MR) is 116 cm³/mol. The summed E-state index contributed by atoms with van der Waals surface area (Å²) in [6.07, 6.45) is 7.83. The first kappa shape index (κ1) is 18.0. The van der Waals surface area contributed by atoms with Gasteiger partial charge in [0, 0.05) is 30.3 Å². The molecule has 0 radical (unpaired) electrons. The Morgan fingerprint density at radius 2 is 2.18 bits per heavy atom. The number of rotatable bonds is 3. The van der Waals surface area contributed by atoms with Gasteiger partial charge in [0.25, 0.3) is 0 Å². The summed E-state index contributed by atoms with van der Waals surface area (Å²) >= 11 is 6.11. The minimum atomic E-state index is -0.164. The lowest BCUT2D eigenvalue weighted by Crippen LogP contribution is -2.37. The normalized spacial score (nSPS) is 16.7. The number of nitrogens with one attached hydrogen (secondary N) is 1. The van der Waals surface area contributed by atoms with Crippen LogP contribution in [0.5, 0.6) is 0 Å². The van der Waals surface area contributed by atoms with Crippen LogP contribution < -0.4 is 4.90 Å². The average molecular weight is 430 g/mol. The molecule has 2 unspecified atom stereocenters. The number of hydrogen-bond acceptors (Lipinski definition) is 5. The summed E-state index contributed by atoms with van der Waals surface area (Å²) in [5, 5.41) is 5.49. The maximum Gasteiger partial charge on any atom is 0.149 e. The third-order valence-corrected chi connectivity index (χ3v) is 5.90. The van der Waals surface area contributed by atoms with E-state index in [2.05, 4.69) is 55.4 Å². The van der Waals surface area contributed by atoms with Gasteiger partial charge in [-0.05, 0) is 17.7 Å². The number of aromatic amines is 1. The zero-order chi connectivity index (χ0) is 19.3. The molecule has 0 spiro atoms. The Bertz CT molecular complexity index is 1160. The first-order valence-electron chi connectivity index (χ1n) is 8.87. The Labute approximate surface area is 171 Å².